The Labute approximate surface area is 111 Å². The topological polar surface area (TPSA) is 89.9 Å². The van der Waals surface area contributed by atoms with E-state index in [1.807, 2.05) is 19.0 Å². The number of carbonyl (C=O) groups is 2. The quantitative estimate of drug-likeness (QED) is 0.690. The number of rotatable bonds is 6. The molecule has 0 heterocycles. The molecule has 6 nitrogen and oxygen atoms in total. The zero-order valence-electron chi connectivity index (χ0n) is 11.0. The SMILES string of the molecule is CN(C)c1ccc(C(=O)N[C@@H](CCO)C(=O)O)cc1. The molecule has 1 aromatic carbocycles. The summed E-state index contributed by atoms with van der Waals surface area (Å²) in [6, 6.07) is 5.73. The van der Waals surface area contributed by atoms with Gasteiger partial charge in [0.25, 0.3) is 5.91 Å². The molecule has 0 saturated carbocycles. The third kappa shape index (κ3) is 4.26. The second kappa shape index (κ2) is 6.75. The first-order valence-corrected chi connectivity index (χ1v) is 5.87. The van der Waals surface area contributed by atoms with Crippen molar-refractivity contribution in [2.75, 3.05) is 25.6 Å². The molecule has 3 N–H and O–H groups in total. The maximum absolute atomic E-state index is 11.8. The van der Waals surface area contributed by atoms with Crippen LogP contribution in [-0.4, -0.2) is 48.8 Å². The average Bonchev–Trinajstić information content (AvgIpc) is 2.38. The number of carboxylic acids is 1. The summed E-state index contributed by atoms with van der Waals surface area (Å²) in [6.07, 6.45) is -0.0170. The van der Waals surface area contributed by atoms with Crippen LogP contribution in [0, 0.1) is 0 Å². The molecule has 0 radical (unpaired) electrons. The van der Waals surface area contributed by atoms with Gasteiger partial charge in [-0.3, -0.25) is 4.79 Å². The smallest absolute Gasteiger partial charge is 0.326 e. The van der Waals surface area contributed by atoms with Crippen LogP contribution in [0.2, 0.25) is 0 Å². The van der Waals surface area contributed by atoms with Crippen molar-refractivity contribution in [3.8, 4) is 0 Å². The van der Waals surface area contributed by atoms with Crippen LogP contribution in [0.1, 0.15) is 16.8 Å². The van der Waals surface area contributed by atoms with E-state index in [9.17, 15) is 9.59 Å². The lowest BCUT2D eigenvalue weighted by Gasteiger charge is -2.15. The van der Waals surface area contributed by atoms with Gasteiger partial charge in [0, 0.05) is 38.4 Å². The van der Waals surface area contributed by atoms with Gasteiger partial charge in [-0.25, -0.2) is 4.79 Å². The number of nitrogens with zero attached hydrogens (tertiary/aromatic N) is 1. The summed E-state index contributed by atoms with van der Waals surface area (Å²) in [4.78, 5) is 24.6. The molecule has 1 rings (SSSR count). The minimum absolute atomic E-state index is 0.0170. The van der Waals surface area contributed by atoms with E-state index in [2.05, 4.69) is 5.32 Å². The Bertz CT molecular complexity index is 442. The minimum atomic E-state index is -1.16. The first-order valence-electron chi connectivity index (χ1n) is 5.87. The van der Waals surface area contributed by atoms with E-state index in [0.29, 0.717) is 5.56 Å². The van der Waals surface area contributed by atoms with Crippen LogP contribution in [0.5, 0.6) is 0 Å². The molecule has 0 aliphatic rings. The molecular weight excluding hydrogens is 248 g/mol. The molecule has 0 unspecified atom stereocenters. The third-order valence-electron chi connectivity index (χ3n) is 2.67. The molecule has 104 valence electrons. The van der Waals surface area contributed by atoms with Gasteiger partial charge in [0.05, 0.1) is 0 Å². The first kappa shape index (κ1) is 15.0. The van der Waals surface area contributed by atoms with Crippen molar-refractivity contribution in [3.05, 3.63) is 29.8 Å². The zero-order valence-corrected chi connectivity index (χ0v) is 11.0. The van der Waals surface area contributed by atoms with Gasteiger partial charge in [-0.1, -0.05) is 0 Å². The van der Waals surface area contributed by atoms with Crippen LogP contribution < -0.4 is 10.2 Å². The van der Waals surface area contributed by atoms with Crippen LogP contribution in [-0.2, 0) is 4.79 Å². The number of aliphatic hydroxyl groups is 1. The standard InChI is InChI=1S/C13H18N2O4/c1-15(2)10-5-3-9(4-6-10)12(17)14-11(7-8-16)13(18)19/h3-6,11,16H,7-8H2,1-2H3,(H,14,17)(H,18,19)/t11-/m0/s1. The maximum atomic E-state index is 11.8. The highest BCUT2D eigenvalue weighted by molar-refractivity contribution is 5.96. The average molecular weight is 266 g/mol. The van der Waals surface area contributed by atoms with Gasteiger partial charge in [-0.2, -0.15) is 0 Å². The summed E-state index contributed by atoms with van der Waals surface area (Å²) in [5.74, 6) is -1.63. The van der Waals surface area contributed by atoms with Gasteiger partial charge in [0.1, 0.15) is 6.04 Å². The number of hydrogen-bond acceptors (Lipinski definition) is 4. The van der Waals surface area contributed by atoms with Crippen LogP contribution >= 0.6 is 0 Å². The molecular formula is C13H18N2O4. The highest BCUT2D eigenvalue weighted by atomic mass is 16.4. The normalized spacial score (nSPS) is 11.7. The van der Waals surface area contributed by atoms with Gasteiger partial charge >= 0.3 is 5.97 Å². The van der Waals surface area contributed by atoms with E-state index in [4.69, 9.17) is 10.2 Å². The molecule has 19 heavy (non-hydrogen) atoms. The van der Waals surface area contributed by atoms with Crippen molar-refractivity contribution in [2.24, 2.45) is 0 Å². The van der Waals surface area contributed by atoms with Crippen molar-refractivity contribution in [2.45, 2.75) is 12.5 Å². The predicted octanol–water partition coefficient (Wildman–Crippen LogP) is 0.318. The summed E-state index contributed by atoms with van der Waals surface area (Å²) in [7, 11) is 3.77. The van der Waals surface area contributed by atoms with Crippen LogP contribution in [0.4, 0.5) is 5.69 Å². The molecule has 1 atom stereocenters. The molecule has 0 aliphatic carbocycles. The van der Waals surface area contributed by atoms with E-state index in [0.717, 1.165) is 5.69 Å². The van der Waals surface area contributed by atoms with E-state index in [1.165, 1.54) is 0 Å². The predicted molar refractivity (Wildman–Crippen MR) is 71.4 cm³/mol. The third-order valence-corrected chi connectivity index (χ3v) is 2.67. The van der Waals surface area contributed by atoms with Crippen molar-refractivity contribution in [3.63, 3.8) is 0 Å². The highest BCUT2D eigenvalue weighted by Gasteiger charge is 2.19. The van der Waals surface area contributed by atoms with Crippen molar-refractivity contribution >= 4 is 17.6 Å². The van der Waals surface area contributed by atoms with Crippen LogP contribution in [0.3, 0.4) is 0 Å². The van der Waals surface area contributed by atoms with E-state index in [1.54, 1.807) is 24.3 Å². The van der Waals surface area contributed by atoms with E-state index in [-0.39, 0.29) is 13.0 Å². The van der Waals surface area contributed by atoms with Gasteiger partial charge in [-0.15, -0.1) is 0 Å². The second-order valence-corrected chi connectivity index (χ2v) is 4.32. The fourth-order valence-corrected chi connectivity index (χ4v) is 1.54. The number of anilines is 1. The number of nitrogens with one attached hydrogen (secondary N) is 1. The fourth-order valence-electron chi connectivity index (χ4n) is 1.54. The summed E-state index contributed by atoms with van der Waals surface area (Å²) in [6.45, 7) is -0.295. The van der Waals surface area contributed by atoms with Crippen molar-refractivity contribution in [1.29, 1.82) is 0 Å². The number of carbonyl (C=O) groups excluding carboxylic acids is 1. The van der Waals surface area contributed by atoms with Gasteiger partial charge in [0.15, 0.2) is 0 Å². The van der Waals surface area contributed by atoms with E-state index < -0.39 is 17.9 Å². The van der Waals surface area contributed by atoms with Gasteiger partial charge < -0.3 is 20.4 Å². The summed E-state index contributed by atoms with van der Waals surface area (Å²) < 4.78 is 0. The number of amides is 1. The molecule has 0 saturated heterocycles. The Kier molecular flexibility index (Phi) is 5.32. The largest absolute Gasteiger partial charge is 0.480 e. The van der Waals surface area contributed by atoms with Crippen molar-refractivity contribution in [1.82, 2.24) is 5.32 Å². The Morgan fingerprint density at radius 2 is 1.84 bits per heavy atom. The lowest BCUT2D eigenvalue weighted by atomic mass is 10.1. The van der Waals surface area contributed by atoms with Gasteiger partial charge in [-0.05, 0) is 24.3 Å². The number of aliphatic carboxylic acids is 1. The lowest BCUT2D eigenvalue weighted by Crippen LogP contribution is -2.41. The number of carboxylic acid groups (broad SMARTS) is 1. The second-order valence-electron chi connectivity index (χ2n) is 4.32. The molecule has 0 bridgehead atoms. The lowest BCUT2D eigenvalue weighted by molar-refractivity contribution is -0.139. The number of benzene rings is 1. The molecule has 1 amide bonds. The fraction of sp³-hybridized carbons (Fsp3) is 0.385. The van der Waals surface area contributed by atoms with E-state index >= 15 is 0 Å². The highest BCUT2D eigenvalue weighted by Crippen LogP contribution is 2.12. The van der Waals surface area contributed by atoms with Gasteiger partial charge in [0.2, 0.25) is 0 Å². The molecule has 1 aromatic rings. The zero-order chi connectivity index (χ0) is 14.4. The monoisotopic (exact) mass is 266 g/mol. The minimum Gasteiger partial charge on any atom is -0.480 e. The molecule has 6 heteroatoms. The number of aliphatic hydroxyl groups excluding tert-OH is 1. The Morgan fingerprint density at radius 3 is 2.26 bits per heavy atom. The molecule has 0 fully saturated rings. The first-order chi connectivity index (χ1) is 8.95. The molecule has 0 aromatic heterocycles. The number of hydrogen-bond donors (Lipinski definition) is 3. The van der Waals surface area contributed by atoms with Crippen LogP contribution in [0.15, 0.2) is 24.3 Å². The van der Waals surface area contributed by atoms with Crippen LogP contribution in [0.25, 0.3) is 0 Å². The Hall–Kier alpha value is -2.08. The van der Waals surface area contributed by atoms with Crippen molar-refractivity contribution < 1.29 is 19.8 Å². The molecule has 0 spiro atoms. The maximum Gasteiger partial charge on any atom is 0.326 e. The Balaban J connectivity index is 2.74. The Morgan fingerprint density at radius 1 is 1.26 bits per heavy atom. The summed E-state index contributed by atoms with van der Waals surface area (Å²) in [5.41, 5.74) is 1.33. The molecule has 0 aliphatic heterocycles. The summed E-state index contributed by atoms with van der Waals surface area (Å²) >= 11 is 0. The summed E-state index contributed by atoms with van der Waals surface area (Å²) in [5, 5.41) is 20.0.